The number of aromatic nitrogens is 9. The lowest BCUT2D eigenvalue weighted by atomic mass is 9.98. The van der Waals surface area contributed by atoms with Gasteiger partial charge in [-0.05, 0) is 102 Å². The summed E-state index contributed by atoms with van der Waals surface area (Å²) in [6, 6.07) is 17.5. The summed E-state index contributed by atoms with van der Waals surface area (Å²) in [6.07, 6.45) is -3.11. The van der Waals surface area contributed by atoms with Crippen molar-refractivity contribution in [2.75, 3.05) is 0 Å². The number of phenols is 4. The first-order valence-electron chi connectivity index (χ1n) is 17.7. The molecule has 0 aliphatic rings. The van der Waals surface area contributed by atoms with Crippen LogP contribution in [0.2, 0.25) is 0 Å². The molecule has 7 N–H and O–H groups in total. The number of imidazole rings is 1. The van der Waals surface area contributed by atoms with Crippen LogP contribution in [0, 0.1) is 9.54 Å². The van der Waals surface area contributed by atoms with Crippen molar-refractivity contribution in [1.82, 2.24) is 39.1 Å². The number of hydrogen-bond acceptors (Lipinski definition) is 8. The maximum atomic E-state index is 14.9. The van der Waals surface area contributed by atoms with E-state index in [2.05, 4.69) is 25.3 Å². The molecule has 0 aliphatic carbocycles. The summed E-state index contributed by atoms with van der Waals surface area (Å²) in [5.41, 5.74) is 3.43. The highest BCUT2D eigenvalue weighted by atomic mass is 32.1. The highest BCUT2D eigenvalue weighted by molar-refractivity contribution is 7.71. The first kappa shape index (κ1) is 37.5. The second-order valence-electron chi connectivity index (χ2n) is 14.3. The molecule has 0 unspecified atom stereocenters. The third kappa shape index (κ3) is 6.39. The maximum absolute atomic E-state index is 14.9. The molecule has 18 heteroatoms. The number of phenolic OH excluding ortho intramolecular Hbond substituents is 4. The van der Waals surface area contributed by atoms with Crippen molar-refractivity contribution in [3.05, 3.63) is 99.4 Å². The topological polar surface area (TPSA) is 173 Å². The van der Waals surface area contributed by atoms with Gasteiger partial charge < -0.3 is 25.4 Å². The van der Waals surface area contributed by atoms with Crippen molar-refractivity contribution < 1.29 is 38.2 Å². The van der Waals surface area contributed by atoms with E-state index in [1.54, 1.807) is 35.0 Å². The van der Waals surface area contributed by atoms with Gasteiger partial charge in [0.05, 0.1) is 27.8 Å². The zero-order valence-electron chi connectivity index (χ0n) is 30.7. The summed E-state index contributed by atoms with van der Waals surface area (Å²) in [6.45, 7) is 7.04. The summed E-state index contributed by atoms with van der Waals surface area (Å²) in [5.74, 6) is -1.75. The van der Waals surface area contributed by atoms with Crippen molar-refractivity contribution in [3.63, 3.8) is 0 Å². The van der Waals surface area contributed by atoms with E-state index in [4.69, 9.17) is 24.4 Å². The van der Waals surface area contributed by atoms with Crippen LogP contribution in [0.3, 0.4) is 0 Å². The smallest absolute Gasteiger partial charge is 0.449 e. The predicted octanol–water partition coefficient (Wildman–Crippen LogP) is 8.82. The first-order chi connectivity index (χ1) is 27.0. The van der Waals surface area contributed by atoms with E-state index < -0.39 is 18.7 Å². The molecule has 0 aliphatic heterocycles. The Bertz CT molecular complexity index is 3010. The van der Waals surface area contributed by atoms with Gasteiger partial charge in [-0.2, -0.15) is 27.9 Å². The average molecular weight is 815 g/mol. The van der Waals surface area contributed by atoms with Gasteiger partial charge in [0.1, 0.15) is 28.7 Å². The Morgan fingerprint density at radius 2 is 1.47 bits per heavy atom. The summed E-state index contributed by atoms with van der Waals surface area (Å²) in [7, 11) is 0. The van der Waals surface area contributed by atoms with Crippen LogP contribution in [0.5, 0.6) is 23.0 Å². The first-order valence-corrected chi connectivity index (χ1v) is 18.5. The molecule has 0 amide bonds. The summed E-state index contributed by atoms with van der Waals surface area (Å²) < 4.78 is 50.2. The predicted molar refractivity (Wildman–Crippen MR) is 211 cm³/mol. The molecule has 0 atom stereocenters. The van der Waals surface area contributed by atoms with Gasteiger partial charge in [-0.1, -0.05) is 27.7 Å². The molecule has 292 valence electrons. The van der Waals surface area contributed by atoms with E-state index in [9.17, 15) is 33.6 Å². The number of aromatic amines is 3. The molecule has 0 spiro atoms. The van der Waals surface area contributed by atoms with Crippen LogP contribution in [0.1, 0.15) is 56.5 Å². The summed E-state index contributed by atoms with van der Waals surface area (Å²) in [4.78, 5) is 7.18. The lowest BCUT2D eigenvalue weighted by molar-refractivity contribution is -0.592. The zero-order valence-corrected chi connectivity index (χ0v) is 32.3. The van der Waals surface area contributed by atoms with E-state index in [-0.39, 0.29) is 78.2 Å². The number of nitrogens with zero attached hydrogens (tertiary/aromatic N) is 6. The number of hydrogen-bond donors (Lipinski definition) is 7. The molecule has 0 saturated heterocycles. The summed E-state index contributed by atoms with van der Waals surface area (Å²) >= 11 is 11.5. The normalized spacial score (nSPS) is 12.2. The molecular weight excluding hydrogens is 780 g/mol. The van der Waals surface area contributed by atoms with E-state index in [0.29, 0.717) is 22.5 Å². The van der Waals surface area contributed by atoms with Gasteiger partial charge in [0.25, 0.3) is 5.82 Å². The van der Waals surface area contributed by atoms with Gasteiger partial charge in [-0.15, -0.1) is 4.68 Å². The highest BCUT2D eigenvalue weighted by Crippen LogP contribution is 2.40. The van der Waals surface area contributed by atoms with E-state index in [1.165, 1.54) is 33.5 Å². The van der Waals surface area contributed by atoms with Crippen LogP contribution < -0.4 is 4.57 Å². The molecule has 0 saturated carbocycles. The Balaban J connectivity index is 1.29. The number of H-pyrrole nitrogens is 3. The minimum absolute atomic E-state index is 0.0199. The number of benzene rings is 4. The van der Waals surface area contributed by atoms with Gasteiger partial charge in [0, 0.05) is 29.2 Å². The third-order valence-electron chi connectivity index (χ3n) is 9.91. The minimum Gasteiger partial charge on any atom is -0.508 e. The standard InChI is InChI=1S/C39H34F3N9O4S2/c1-18(2)23-13-25(32(54)15-30(23)52)34-45-46-37(56)50(34)22-6-8-29-28(12-22)44-36(39(40,41)42)48(29)17-49-38(57)51(21-5-7-27-20(11-21)9-10-43-27)35(47-49)26-14-24(19(3)4)31(53)16-33(26)55/h5-16,18-19,43H,17H2,1-4H3,(H5,45,46,47,52,53,54,55,56)/p+1. The number of nitrogens with one attached hydrogen (secondary N) is 3. The Morgan fingerprint density at radius 1 is 0.807 bits per heavy atom. The van der Waals surface area contributed by atoms with Crippen LogP contribution >= 0.6 is 24.4 Å². The molecule has 8 rings (SSSR count). The maximum Gasteiger partial charge on any atom is 0.449 e. The lowest BCUT2D eigenvalue weighted by Crippen LogP contribution is -2.33. The molecule has 8 aromatic rings. The lowest BCUT2D eigenvalue weighted by Gasteiger charge is -2.13. The van der Waals surface area contributed by atoms with Gasteiger partial charge in [0.2, 0.25) is 5.82 Å². The highest BCUT2D eigenvalue weighted by Gasteiger charge is 2.39. The van der Waals surface area contributed by atoms with E-state index in [0.717, 1.165) is 15.5 Å². The van der Waals surface area contributed by atoms with Crippen LogP contribution in [-0.4, -0.2) is 59.5 Å². The molecule has 13 nitrogen and oxygen atoms in total. The fourth-order valence-corrected chi connectivity index (χ4v) is 7.63. The molecule has 57 heavy (non-hydrogen) atoms. The third-order valence-corrected chi connectivity index (χ3v) is 10.6. The van der Waals surface area contributed by atoms with Gasteiger partial charge >= 0.3 is 10.9 Å². The van der Waals surface area contributed by atoms with E-state index in [1.807, 2.05) is 45.9 Å². The number of alkyl halides is 3. The Kier molecular flexibility index (Phi) is 8.99. The molecular formula is C39H35F3N9O4S2+. The molecule has 4 heterocycles. The molecule has 4 aromatic heterocycles. The van der Waals surface area contributed by atoms with Crippen LogP contribution in [0.15, 0.2) is 72.9 Å². The molecule has 0 bridgehead atoms. The molecule has 0 radical (unpaired) electrons. The Labute approximate surface area is 331 Å². The molecule has 4 aromatic carbocycles. The largest absolute Gasteiger partial charge is 0.508 e. The minimum atomic E-state index is -4.89. The van der Waals surface area contributed by atoms with Gasteiger partial charge in [0.15, 0.2) is 17.3 Å². The van der Waals surface area contributed by atoms with Crippen molar-refractivity contribution >= 4 is 46.4 Å². The monoisotopic (exact) mass is 814 g/mol. The number of halogens is 3. The molecule has 0 fully saturated rings. The van der Waals surface area contributed by atoms with Crippen LogP contribution in [-0.2, 0) is 12.8 Å². The quantitative estimate of drug-likeness (QED) is 0.0589. The van der Waals surface area contributed by atoms with Crippen LogP contribution in [0.25, 0.3) is 56.1 Å². The van der Waals surface area contributed by atoms with Crippen molar-refractivity contribution in [1.29, 1.82) is 0 Å². The van der Waals surface area contributed by atoms with Crippen molar-refractivity contribution in [2.24, 2.45) is 0 Å². The fraction of sp³-hybridized carbons (Fsp3) is 0.205. The van der Waals surface area contributed by atoms with Gasteiger partial charge in [-0.25, -0.2) is 4.98 Å². The van der Waals surface area contributed by atoms with Gasteiger partial charge in [-0.3, -0.25) is 14.2 Å². The number of aromatic hydroxyl groups is 4. The van der Waals surface area contributed by atoms with Crippen molar-refractivity contribution in [3.8, 4) is 57.1 Å². The summed E-state index contributed by atoms with van der Waals surface area (Å²) in [5, 5.41) is 54.0. The number of rotatable bonds is 8. The second kappa shape index (κ2) is 13.7. The van der Waals surface area contributed by atoms with E-state index >= 15 is 0 Å². The van der Waals surface area contributed by atoms with Crippen LogP contribution in [0.4, 0.5) is 13.2 Å². The average Bonchev–Trinajstić information content (AvgIpc) is 3.92. The number of fused-ring (bicyclic) bond motifs is 2. The second-order valence-corrected chi connectivity index (χ2v) is 15.0. The fourth-order valence-electron chi connectivity index (χ4n) is 7.09. The Morgan fingerprint density at radius 3 is 2.14 bits per heavy atom. The van der Waals surface area contributed by atoms with Crippen molar-refractivity contribution in [2.45, 2.75) is 52.4 Å². The zero-order chi connectivity index (χ0) is 40.7. The SMILES string of the molecule is CC(C)c1cc(-c2n[nH]c(=S)n2-c2ccc3c(c2)nc(C(F)(F)F)n3Cn2[nH]c(-c3cc(C(C)C)c(O)cc3O)[n+](-c3ccc4[nH]ccc4c3)c2=S)c(O)cc1O. The Hall–Kier alpha value is -6.40.